The first-order valence-corrected chi connectivity index (χ1v) is 8.20. The molecule has 0 aliphatic carbocycles. The topological polar surface area (TPSA) is 74.3 Å². The van der Waals surface area contributed by atoms with Gasteiger partial charge in [0, 0.05) is 31.4 Å². The Kier molecular flexibility index (Phi) is 5.11. The summed E-state index contributed by atoms with van der Waals surface area (Å²) < 4.78 is 28.6. The molecule has 2 N–H and O–H groups in total. The van der Waals surface area contributed by atoms with Gasteiger partial charge in [0.2, 0.25) is 0 Å². The lowest BCUT2D eigenvalue weighted by Gasteiger charge is -2.19. The van der Waals surface area contributed by atoms with Gasteiger partial charge < -0.3 is 5.32 Å². The highest BCUT2D eigenvalue weighted by Crippen LogP contribution is 2.23. The van der Waals surface area contributed by atoms with Gasteiger partial charge in [-0.1, -0.05) is 12.1 Å². The maximum atomic E-state index is 12.3. The Bertz CT molecular complexity index is 698. The molecule has 0 bridgehead atoms. The van der Waals surface area contributed by atoms with Crippen molar-refractivity contribution in [2.75, 3.05) is 31.9 Å². The van der Waals surface area contributed by atoms with E-state index in [1.807, 2.05) is 25.2 Å². The van der Waals surface area contributed by atoms with Crippen LogP contribution in [0.3, 0.4) is 0 Å². The Morgan fingerprint density at radius 2 is 2.10 bits per heavy atom. The van der Waals surface area contributed by atoms with Crippen molar-refractivity contribution < 1.29 is 8.42 Å². The molecule has 0 aliphatic rings. The summed E-state index contributed by atoms with van der Waals surface area (Å²) in [6.45, 7) is 1.23. The average molecular weight is 308 g/mol. The second-order valence-corrected chi connectivity index (χ2v) is 6.57. The summed E-state index contributed by atoms with van der Waals surface area (Å²) in [6.07, 6.45) is 4.10. The van der Waals surface area contributed by atoms with Gasteiger partial charge in [-0.25, -0.2) is 0 Å². The van der Waals surface area contributed by atoms with Gasteiger partial charge in [0.15, 0.2) is 0 Å². The van der Waals surface area contributed by atoms with Crippen LogP contribution < -0.4 is 10.0 Å². The van der Waals surface area contributed by atoms with Crippen molar-refractivity contribution in [1.82, 2.24) is 14.6 Å². The predicted molar refractivity (Wildman–Crippen MR) is 85.5 cm³/mol. The lowest BCUT2D eigenvalue weighted by molar-refractivity contribution is 0.462. The Morgan fingerprint density at radius 1 is 1.29 bits per heavy atom. The smallest absolute Gasteiger partial charge is 0.301 e. The maximum absolute atomic E-state index is 12.3. The van der Waals surface area contributed by atoms with Crippen molar-refractivity contribution in [2.45, 2.75) is 6.42 Å². The summed E-state index contributed by atoms with van der Waals surface area (Å²) in [6, 6.07) is 7.33. The van der Waals surface area contributed by atoms with Crippen molar-refractivity contribution in [2.24, 2.45) is 0 Å². The third-order valence-corrected chi connectivity index (χ3v) is 4.71. The highest BCUT2D eigenvalue weighted by molar-refractivity contribution is 7.90. The van der Waals surface area contributed by atoms with E-state index in [0.717, 1.165) is 23.7 Å². The molecule has 0 radical (unpaired) electrons. The number of hydrogen-bond acceptors (Lipinski definition) is 4. The van der Waals surface area contributed by atoms with Crippen LogP contribution in [0.25, 0.3) is 10.8 Å². The van der Waals surface area contributed by atoms with Gasteiger partial charge in [-0.3, -0.25) is 9.71 Å². The van der Waals surface area contributed by atoms with E-state index in [1.165, 1.54) is 4.31 Å². The largest absolute Gasteiger partial charge is 0.320 e. The van der Waals surface area contributed by atoms with Crippen LogP contribution in [-0.2, 0) is 10.2 Å². The van der Waals surface area contributed by atoms with Crippen molar-refractivity contribution in [1.29, 1.82) is 0 Å². The van der Waals surface area contributed by atoms with Crippen LogP contribution in [0.15, 0.2) is 36.7 Å². The van der Waals surface area contributed by atoms with Crippen LogP contribution in [0.1, 0.15) is 6.42 Å². The monoisotopic (exact) mass is 308 g/mol. The minimum absolute atomic E-state index is 0.458. The van der Waals surface area contributed by atoms with E-state index in [2.05, 4.69) is 15.0 Å². The van der Waals surface area contributed by atoms with E-state index in [0.29, 0.717) is 12.2 Å². The molecule has 0 amide bonds. The molecule has 2 aromatic rings. The van der Waals surface area contributed by atoms with Crippen molar-refractivity contribution in [3.8, 4) is 0 Å². The van der Waals surface area contributed by atoms with E-state index in [9.17, 15) is 8.42 Å². The number of rotatable bonds is 7. The molecule has 1 aromatic heterocycles. The van der Waals surface area contributed by atoms with E-state index >= 15 is 0 Å². The van der Waals surface area contributed by atoms with Gasteiger partial charge >= 0.3 is 10.2 Å². The van der Waals surface area contributed by atoms with E-state index < -0.39 is 10.2 Å². The van der Waals surface area contributed by atoms with E-state index in [1.54, 1.807) is 25.5 Å². The Morgan fingerprint density at radius 3 is 2.86 bits per heavy atom. The van der Waals surface area contributed by atoms with Crippen molar-refractivity contribution in [3.63, 3.8) is 0 Å². The molecule has 7 heteroatoms. The summed E-state index contributed by atoms with van der Waals surface area (Å²) in [5.74, 6) is 0. The first-order valence-electron chi connectivity index (χ1n) is 6.76. The van der Waals surface area contributed by atoms with Gasteiger partial charge in [0.25, 0.3) is 0 Å². The Hall–Kier alpha value is -1.70. The predicted octanol–water partition coefficient (Wildman–Crippen LogP) is 1.43. The molecule has 0 aliphatic heterocycles. The van der Waals surface area contributed by atoms with E-state index in [-0.39, 0.29) is 0 Å². The SMILES string of the molecule is CNCCCN(C)S(=O)(=O)Nc1cccc2ccncc12. The minimum Gasteiger partial charge on any atom is -0.320 e. The molecule has 0 saturated carbocycles. The molecule has 6 nitrogen and oxygen atoms in total. The lowest BCUT2D eigenvalue weighted by Crippen LogP contribution is -2.34. The fourth-order valence-electron chi connectivity index (χ4n) is 2.02. The van der Waals surface area contributed by atoms with Crippen LogP contribution in [0, 0.1) is 0 Å². The number of pyridine rings is 1. The quantitative estimate of drug-likeness (QED) is 0.759. The second kappa shape index (κ2) is 6.84. The first-order chi connectivity index (χ1) is 10.0. The molecule has 0 spiro atoms. The number of aromatic nitrogens is 1. The molecular weight excluding hydrogens is 288 g/mol. The molecule has 0 unspecified atom stereocenters. The lowest BCUT2D eigenvalue weighted by atomic mass is 10.1. The fourth-order valence-corrected chi connectivity index (χ4v) is 3.00. The molecule has 114 valence electrons. The molecular formula is C14H20N4O2S. The molecule has 21 heavy (non-hydrogen) atoms. The average Bonchev–Trinajstić information content (AvgIpc) is 2.47. The zero-order valence-electron chi connectivity index (χ0n) is 12.2. The molecule has 1 heterocycles. The van der Waals surface area contributed by atoms with Crippen molar-refractivity contribution >= 4 is 26.7 Å². The number of anilines is 1. The second-order valence-electron chi connectivity index (χ2n) is 4.79. The summed E-state index contributed by atoms with van der Waals surface area (Å²) >= 11 is 0. The summed E-state index contributed by atoms with van der Waals surface area (Å²) in [5.41, 5.74) is 0.543. The van der Waals surface area contributed by atoms with Crippen molar-refractivity contribution in [3.05, 3.63) is 36.7 Å². The normalized spacial score (nSPS) is 12.0. The standard InChI is InChI=1S/C14H20N4O2S/c1-15-8-4-10-18(2)21(19,20)17-14-6-3-5-12-7-9-16-11-13(12)14/h3,5-7,9,11,15,17H,4,8,10H2,1-2H3. The number of fused-ring (bicyclic) bond motifs is 1. The third kappa shape index (κ3) is 3.90. The third-order valence-electron chi connectivity index (χ3n) is 3.23. The molecule has 1 aromatic carbocycles. The number of nitrogens with one attached hydrogen (secondary N) is 2. The van der Waals surface area contributed by atoms with Crippen LogP contribution in [0.4, 0.5) is 5.69 Å². The Labute approximate surface area is 125 Å². The summed E-state index contributed by atoms with van der Waals surface area (Å²) in [7, 11) is -0.144. The zero-order chi connectivity index (χ0) is 15.3. The van der Waals surface area contributed by atoms with Gasteiger partial charge in [-0.15, -0.1) is 0 Å². The van der Waals surface area contributed by atoms with Crippen LogP contribution in [0.5, 0.6) is 0 Å². The van der Waals surface area contributed by atoms with Crippen LogP contribution in [-0.4, -0.2) is 44.9 Å². The summed E-state index contributed by atoms with van der Waals surface area (Å²) in [5, 5.41) is 4.73. The highest BCUT2D eigenvalue weighted by atomic mass is 32.2. The summed E-state index contributed by atoms with van der Waals surface area (Å²) in [4.78, 5) is 4.05. The molecule has 2 rings (SSSR count). The van der Waals surface area contributed by atoms with E-state index in [4.69, 9.17) is 0 Å². The van der Waals surface area contributed by atoms with Crippen LogP contribution in [0.2, 0.25) is 0 Å². The first kappa shape index (κ1) is 15.7. The number of hydrogen-bond donors (Lipinski definition) is 2. The van der Waals surface area contributed by atoms with Gasteiger partial charge in [0.1, 0.15) is 0 Å². The van der Waals surface area contributed by atoms with Gasteiger partial charge in [-0.2, -0.15) is 12.7 Å². The molecule has 0 saturated heterocycles. The fraction of sp³-hybridized carbons (Fsp3) is 0.357. The van der Waals surface area contributed by atoms with Crippen LogP contribution >= 0.6 is 0 Å². The maximum Gasteiger partial charge on any atom is 0.301 e. The Balaban J connectivity index is 2.19. The van der Waals surface area contributed by atoms with Gasteiger partial charge in [0.05, 0.1) is 5.69 Å². The highest BCUT2D eigenvalue weighted by Gasteiger charge is 2.17. The number of benzene rings is 1. The van der Waals surface area contributed by atoms with Gasteiger partial charge in [-0.05, 0) is 37.5 Å². The molecule has 0 atom stereocenters. The zero-order valence-corrected chi connectivity index (χ0v) is 13.0. The number of nitrogens with zero attached hydrogens (tertiary/aromatic N) is 2. The molecule has 0 fully saturated rings. The minimum atomic E-state index is -3.56.